The van der Waals surface area contributed by atoms with Crippen molar-refractivity contribution in [2.45, 2.75) is 153 Å². The van der Waals surface area contributed by atoms with Crippen molar-refractivity contribution in [2.24, 2.45) is 17.8 Å². The molecule has 0 N–H and O–H groups in total. The normalized spacial score (nSPS) is 27.2. The fourth-order valence-corrected chi connectivity index (χ4v) is 16.1. The van der Waals surface area contributed by atoms with Crippen LogP contribution in [0.5, 0.6) is 5.75 Å². The third kappa shape index (κ3) is 7.11. The molecule has 6 atom stereocenters. The molecule has 4 aromatic rings. The molecule has 0 bridgehead atoms. The maximum atomic E-state index is 7.36. The molecule has 1 aromatic heterocycles. The van der Waals surface area contributed by atoms with Crippen LogP contribution in [0.4, 0.5) is 0 Å². The second-order valence-corrected chi connectivity index (χ2v) is 27.9. The minimum absolute atomic E-state index is 0.0469. The van der Waals surface area contributed by atoms with E-state index in [0.29, 0.717) is 11.5 Å². The Bertz CT molecular complexity index is 2640. The van der Waals surface area contributed by atoms with Gasteiger partial charge in [0.25, 0.3) is 0 Å². The summed E-state index contributed by atoms with van der Waals surface area (Å²) in [6.07, 6.45) is 37.7. The van der Waals surface area contributed by atoms with E-state index in [9.17, 15) is 0 Å². The van der Waals surface area contributed by atoms with Crippen molar-refractivity contribution >= 4 is 13.8 Å². The van der Waals surface area contributed by atoms with Crippen LogP contribution < -0.4 is 9.30 Å². The lowest BCUT2D eigenvalue weighted by Crippen LogP contribution is -2.46. The zero-order chi connectivity index (χ0) is 43.1. The van der Waals surface area contributed by atoms with Crippen LogP contribution in [-0.2, 0) is 6.42 Å². The summed E-state index contributed by atoms with van der Waals surface area (Å²) in [5.41, 5.74) is 19.4. The monoisotopic (exact) mass is 863 g/mol. The Morgan fingerprint density at radius 2 is 1.48 bits per heavy atom. The number of nitrogens with zero attached hydrogens (tertiary/aromatic N) is 2. The molecule has 3 aromatic carbocycles. The first kappa shape index (κ1) is 40.9. The van der Waals surface area contributed by atoms with E-state index in [4.69, 9.17) is 4.74 Å². The third-order valence-electron chi connectivity index (χ3n) is 17.4. The average Bonchev–Trinajstić information content (AvgIpc) is 3.95. The second-order valence-electron chi connectivity index (χ2n) is 22.5. The Labute approximate surface area is 384 Å². The van der Waals surface area contributed by atoms with Gasteiger partial charge in [-0.05, 0) is 96.9 Å². The molecule has 6 unspecified atom stereocenters. The van der Waals surface area contributed by atoms with Gasteiger partial charge in [-0.25, -0.2) is 4.58 Å². The predicted octanol–water partition coefficient (Wildman–Crippen LogP) is 14.5. The van der Waals surface area contributed by atoms with Crippen molar-refractivity contribution in [1.82, 2.24) is 0 Å². The summed E-state index contributed by atoms with van der Waals surface area (Å²) in [6.45, 7) is 11.4. The molecular formula is C60H70N2OSi+2. The van der Waals surface area contributed by atoms with Crippen molar-refractivity contribution < 1.29 is 13.9 Å². The number of aryl methyl sites for hydroxylation is 1. The van der Waals surface area contributed by atoms with Gasteiger partial charge in [-0.2, -0.15) is 4.57 Å². The molecule has 4 aliphatic heterocycles. The highest BCUT2D eigenvalue weighted by Crippen LogP contribution is 2.56. The lowest BCUT2D eigenvalue weighted by molar-refractivity contribution is -0.743. The molecular weight excluding hydrogens is 793 g/mol. The fraction of sp³-hybridized carbons (Fsp3) is 0.467. The molecule has 328 valence electrons. The lowest BCUT2D eigenvalue weighted by Gasteiger charge is -2.35. The molecule has 0 saturated heterocycles. The van der Waals surface area contributed by atoms with Crippen LogP contribution in [0.1, 0.15) is 141 Å². The first-order valence-corrected chi connectivity index (χ1v) is 29.3. The van der Waals surface area contributed by atoms with Crippen molar-refractivity contribution in [3.8, 4) is 28.1 Å². The molecule has 0 amide bonds. The van der Waals surface area contributed by atoms with Crippen molar-refractivity contribution in [3.05, 3.63) is 154 Å². The van der Waals surface area contributed by atoms with E-state index in [2.05, 4.69) is 145 Å². The Balaban J connectivity index is 1.03. The maximum Gasteiger partial charge on any atom is 0.250 e. The van der Waals surface area contributed by atoms with Crippen LogP contribution in [0.15, 0.2) is 121 Å². The molecule has 64 heavy (non-hydrogen) atoms. The van der Waals surface area contributed by atoms with Gasteiger partial charge in [0.05, 0.1) is 19.2 Å². The summed E-state index contributed by atoms with van der Waals surface area (Å²) in [7, 11) is -1.60. The average molecular weight is 863 g/mol. The third-order valence-corrected chi connectivity index (χ3v) is 20.0. The number of rotatable bonds is 8. The smallest absolute Gasteiger partial charge is 0.250 e. The number of fused-ring (bicyclic) bond motifs is 9. The number of pyridine rings is 1. The number of hydrogen-bond donors (Lipinski definition) is 0. The molecule has 4 aliphatic carbocycles. The summed E-state index contributed by atoms with van der Waals surface area (Å²) >= 11 is 0. The van der Waals surface area contributed by atoms with E-state index in [1.165, 1.54) is 163 Å². The predicted molar refractivity (Wildman–Crippen MR) is 266 cm³/mol. The molecule has 12 rings (SSSR count). The molecule has 2 fully saturated rings. The first-order chi connectivity index (χ1) is 31.3. The minimum atomic E-state index is -1.60. The van der Waals surface area contributed by atoms with Gasteiger partial charge in [-0.15, -0.1) is 0 Å². The zero-order valence-corrected chi connectivity index (χ0v) is 40.1. The molecule has 3 nitrogen and oxygen atoms in total. The van der Waals surface area contributed by atoms with Gasteiger partial charge in [0.1, 0.15) is 18.4 Å². The van der Waals surface area contributed by atoms with Crippen LogP contribution in [-0.4, -0.2) is 31.0 Å². The van der Waals surface area contributed by atoms with E-state index in [1.807, 2.05) is 0 Å². The molecule has 4 heteroatoms. The fourth-order valence-electron chi connectivity index (χ4n) is 14.0. The molecule has 0 spiro atoms. The maximum absolute atomic E-state index is 7.36. The summed E-state index contributed by atoms with van der Waals surface area (Å²) in [4.78, 5) is 0. The van der Waals surface area contributed by atoms with Gasteiger partial charge in [0.2, 0.25) is 23.5 Å². The molecule has 5 heterocycles. The highest BCUT2D eigenvalue weighted by atomic mass is 28.3. The summed E-state index contributed by atoms with van der Waals surface area (Å²) in [5.74, 6) is 3.53. The molecule has 0 radical (unpaired) electrons. The van der Waals surface area contributed by atoms with Crippen molar-refractivity contribution in [2.75, 3.05) is 6.54 Å². The molecule has 2 saturated carbocycles. The SMILES string of the molecule is Cc1cc2c(cc1-c1ccccc1)C(C1c3ccc4c(c3-c3cc(CC5CCCCC5)cc[n+]31)OC1C=C(C3C=CCCC3)C=CC41)[N+]1=C2C=C(CC2CCCCC2)C([Si](C)(C)C)C1. The number of hydrogen-bond acceptors (Lipinski definition) is 1. The summed E-state index contributed by atoms with van der Waals surface area (Å²) in [5, 5.41) is 0. The van der Waals surface area contributed by atoms with Gasteiger partial charge in [0, 0.05) is 52.3 Å². The number of allylic oxidation sites excluding steroid dienone is 5. The van der Waals surface area contributed by atoms with Gasteiger partial charge >= 0.3 is 0 Å². The number of ether oxygens (including phenoxy) is 1. The summed E-state index contributed by atoms with van der Waals surface area (Å²) in [6, 6.07) is 26.8. The van der Waals surface area contributed by atoms with Crippen molar-refractivity contribution in [3.63, 3.8) is 0 Å². The largest absolute Gasteiger partial charge is 0.484 e. The van der Waals surface area contributed by atoms with Gasteiger partial charge in [-0.1, -0.05) is 156 Å². The zero-order valence-electron chi connectivity index (χ0n) is 39.1. The lowest BCUT2D eigenvalue weighted by atomic mass is 9.81. The van der Waals surface area contributed by atoms with Crippen LogP contribution in [0, 0.1) is 24.7 Å². The van der Waals surface area contributed by atoms with Crippen LogP contribution in [0.25, 0.3) is 22.4 Å². The van der Waals surface area contributed by atoms with E-state index in [-0.39, 0.29) is 24.1 Å². The Kier molecular flexibility index (Phi) is 10.5. The minimum Gasteiger partial charge on any atom is -0.484 e. The number of benzene rings is 3. The highest BCUT2D eigenvalue weighted by molar-refractivity contribution is 6.78. The van der Waals surface area contributed by atoms with Crippen molar-refractivity contribution in [1.29, 1.82) is 0 Å². The Hall–Kier alpha value is -4.54. The quantitative estimate of drug-likeness (QED) is 0.0979. The van der Waals surface area contributed by atoms with E-state index < -0.39 is 8.07 Å². The molecule has 8 aliphatic rings. The second kappa shape index (κ2) is 16.4. The summed E-state index contributed by atoms with van der Waals surface area (Å²) < 4.78 is 13.0. The van der Waals surface area contributed by atoms with Gasteiger partial charge in [-0.3, -0.25) is 0 Å². The highest BCUT2D eigenvalue weighted by Gasteiger charge is 2.57. The first-order valence-electron chi connectivity index (χ1n) is 25.8. The Morgan fingerprint density at radius 1 is 0.719 bits per heavy atom. The van der Waals surface area contributed by atoms with E-state index in [1.54, 1.807) is 5.57 Å². The standard InChI is InChI=1S/C60H70N2OSi/c1-39-31-51-52(37-50(39)44-23-15-8-16-24-44)59(62-38-56(64(2,3)4)46(35-53(51)62)33-41-19-11-6-12-20-41)58-49-28-27-48-47-26-25-45(43-21-13-7-14-22-43)36-55(47)63-60(48)57(49)54-34-42(29-30-61(54)58)32-40-17-9-5-10-18-40/h8,13,15-16,21,23-31,34-37,40-41,43,47,55-56,58-59H,5-7,9-12,14,17-20,22,32-33,38H2,1-4H3/q+2. The Morgan fingerprint density at radius 3 is 2.23 bits per heavy atom. The van der Waals surface area contributed by atoms with E-state index in [0.717, 1.165) is 24.1 Å². The van der Waals surface area contributed by atoms with Gasteiger partial charge < -0.3 is 4.74 Å². The van der Waals surface area contributed by atoms with E-state index >= 15 is 0 Å². The van der Waals surface area contributed by atoms with Crippen LogP contribution in [0.2, 0.25) is 25.2 Å². The number of aromatic nitrogens is 1. The van der Waals surface area contributed by atoms with Gasteiger partial charge in [0.15, 0.2) is 6.20 Å². The van der Waals surface area contributed by atoms with Crippen LogP contribution in [0.3, 0.4) is 0 Å². The topological polar surface area (TPSA) is 16.1 Å². The van der Waals surface area contributed by atoms with Crippen LogP contribution >= 0.6 is 0 Å².